The number of likely N-dealkylation sites (tertiary alicyclic amines) is 2. The zero-order valence-electron chi connectivity index (χ0n) is 37.4. The second kappa shape index (κ2) is 18.5. The van der Waals surface area contributed by atoms with Crippen LogP contribution in [0.5, 0.6) is 0 Å². The summed E-state index contributed by atoms with van der Waals surface area (Å²) in [5, 5.41) is 10.1. The minimum absolute atomic E-state index is 0.0119. The summed E-state index contributed by atoms with van der Waals surface area (Å²) in [6.45, 7) is 11.8. The number of nitrogens with zero attached hydrogens (tertiary/aromatic N) is 5. The van der Waals surface area contributed by atoms with E-state index in [0.717, 1.165) is 69.9 Å². The molecule has 13 nitrogen and oxygen atoms in total. The molecule has 0 bridgehead atoms. The lowest BCUT2D eigenvalue weighted by Crippen LogP contribution is -2.59. The third kappa shape index (κ3) is 10.6. The first-order chi connectivity index (χ1) is 29.3. The maximum atomic E-state index is 14.1. The molecule has 3 saturated carbocycles. The van der Waals surface area contributed by atoms with Crippen LogP contribution in [-0.2, 0) is 25.3 Å². The topological polar surface area (TPSA) is 149 Å². The van der Waals surface area contributed by atoms with E-state index in [1.165, 1.54) is 12.4 Å². The average Bonchev–Trinajstić information content (AvgIpc) is 3.58. The molecule has 2 aliphatic heterocycles. The van der Waals surface area contributed by atoms with Crippen molar-refractivity contribution in [3.05, 3.63) is 30.1 Å². The number of alkyl halides is 3. The maximum absolute atomic E-state index is 14.1. The Morgan fingerprint density at radius 1 is 0.855 bits per heavy atom. The number of anilines is 1. The summed E-state index contributed by atoms with van der Waals surface area (Å²) in [6, 6.07) is 2.70. The Morgan fingerprint density at radius 2 is 1.52 bits per heavy atom. The second-order valence-corrected chi connectivity index (χ2v) is 20.2. The van der Waals surface area contributed by atoms with Crippen molar-refractivity contribution in [2.45, 2.75) is 173 Å². The van der Waals surface area contributed by atoms with Gasteiger partial charge in [-0.3, -0.25) is 14.4 Å². The highest BCUT2D eigenvalue weighted by Gasteiger charge is 2.45. The van der Waals surface area contributed by atoms with E-state index in [1.54, 1.807) is 0 Å². The number of benzene rings is 1. The lowest BCUT2D eigenvalue weighted by atomic mass is 9.65. The molecule has 2 aromatic rings. The first kappa shape index (κ1) is 45.8. The van der Waals surface area contributed by atoms with E-state index in [1.807, 2.05) is 30.6 Å². The average molecular weight is 869 g/mol. The van der Waals surface area contributed by atoms with Crippen molar-refractivity contribution in [2.75, 3.05) is 32.0 Å². The third-order valence-electron chi connectivity index (χ3n) is 14.8. The summed E-state index contributed by atoms with van der Waals surface area (Å²) < 4.78 is 46.3. The molecule has 16 heteroatoms. The number of carbonyl (C=O) groups is 4. The molecule has 3 aliphatic carbocycles. The van der Waals surface area contributed by atoms with Crippen LogP contribution in [0.4, 0.5) is 23.8 Å². The Labute approximate surface area is 364 Å². The van der Waals surface area contributed by atoms with E-state index >= 15 is 0 Å². The summed E-state index contributed by atoms with van der Waals surface area (Å²) in [4.78, 5) is 68.6. The van der Waals surface area contributed by atoms with Gasteiger partial charge in [0.2, 0.25) is 17.7 Å². The highest BCUT2D eigenvalue weighted by molar-refractivity contribution is 5.93. The molecular weight excluding hydrogens is 802 g/mol. The molecule has 1 aromatic carbocycles. The first-order valence-corrected chi connectivity index (χ1v) is 23.0. The Kier molecular flexibility index (Phi) is 13.7. The molecule has 4 atom stereocenters. The number of ether oxygens (including phenoxy) is 1. The highest BCUT2D eigenvalue weighted by atomic mass is 19.4. The predicted octanol–water partition coefficient (Wildman–Crippen LogP) is 7.29. The number of fused-ring (bicyclic) bond motifs is 1. The van der Waals surface area contributed by atoms with Gasteiger partial charge in [0.05, 0.1) is 23.2 Å². The zero-order valence-corrected chi connectivity index (χ0v) is 37.4. The zero-order chi connectivity index (χ0) is 44.6. The van der Waals surface area contributed by atoms with Gasteiger partial charge in [-0.05, 0) is 155 Å². The fraction of sp³-hybridized carbons (Fsp3) is 0.739. The Bertz CT molecular complexity index is 1930. The van der Waals surface area contributed by atoms with Crippen LogP contribution in [-0.4, -0.2) is 117 Å². The van der Waals surface area contributed by atoms with E-state index < -0.39 is 23.4 Å². The van der Waals surface area contributed by atoms with E-state index in [9.17, 15) is 32.3 Å². The molecule has 4 amide bonds. The van der Waals surface area contributed by atoms with Crippen LogP contribution in [0, 0.1) is 17.3 Å². The quantitative estimate of drug-likeness (QED) is 0.236. The van der Waals surface area contributed by atoms with Gasteiger partial charge in [-0.2, -0.15) is 13.2 Å². The largest absolute Gasteiger partial charge is 0.444 e. The summed E-state index contributed by atoms with van der Waals surface area (Å²) >= 11 is 0. The molecule has 62 heavy (non-hydrogen) atoms. The molecule has 1 aromatic heterocycles. The number of hydrogen-bond acceptors (Lipinski definition) is 9. The van der Waals surface area contributed by atoms with Crippen LogP contribution < -0.4 is 16.0 Å². The molecule has 3 N–H and O–H groups in total. The third-order valence-corrected chi connectivity index (χ3v) is 14.8. The SMILES string of the molecule is CC(C)N(C)[C@@H]1CC[C@H](N2CC[C@H](Nc3ncnc4ccc(C(F)(F)F)cc34)C2=O)[C@H](NC(=O)C2CCC(NC(=O)C3CCC4(CC3)CCN(C(=O)OC(C)(C)C)CC4)CC2)C1. The number of hydrogen-bond donors (Lipinski definition) is 3. The molecule has 2 saturated heterocycles. The summed E-state index contributed by atoms with van der Waals surface area (Å²) in [6.07, 6.45) is 7.56. The normalized spacial score (nSPS) is 27.5. The number of nitrogens with one attached hydrogen (secondary N) is 3. The number of piperidine rings is 1. The van der Waals surface area contributed by atoms with Gasteiger partial charge in [0.25, 0.3) is 0 Å². The van der Waals surface area contributed by atoms with Gasteiger partial charge in [-0.1, -0.05) is 0 Å². The van der Waals surface area contributed by atoms with E-state index in [0.29, 0.717) is 63.3 Å². The molecule has 5 aliphatic rings. The van der Waals surface area contributed by atoms with Gasteiger partial charge < -0.3 is 35.4 Å². The second-order valence-electron chi connectivity index (χ2n) is 20.2. The molecule has 7 rings (SSSR count). The smallest absolute Gasteiger partial charge is 0.416 e. The fourth-order valence-corrected chi connectivity index (χ4v) is 10.7. The Hall–Kier alpha value is -4.21. The minimum Gasteiger partial charge on any atom is -0.444 e. The van der Waals surface area contributed by atoms with Crippen molar-refractivity contribution >= 4 is 40.5 Å². The summed E-state index contributed by atoms with van der Waals surface area (Å²) in [5.74, 6) is -0.0766. The minimum atomic E-state index is -4.54. The lowest BCUT2D eigenvalue weighted by Gasteiger charge is -2.46. The van der Waals surface area contributed by atoms with Crippen molar-refractivity contribution in [1.29, 1.82) is 0 Å². The molecule has 3 heterocycles. The molecule has 0 unspecified atom stereocenters. The lowest BCUT2D eigenvalue weighted by molar-refractivity contribution is -0.137. The van der Waals surface area contributed by atoms with Crippen LogP contribution in [0.1, 0.15) is 130 Å². The van der Waals surface area contributed by atoms with Crippen LogP contribution in [0.15, 0.2) is 24.5 Å². The van der Waals surface area contributed by atoms with Crippen molar-refractivity contribution in [3.8, 4) is 0 Å². The van der Waals surface area contributed by atoms with Gasteiger partial charge in [0.1, 0.15) is 23.8 Å². The number of carbonyl (C=O) groups excluding carboxylic acids is 4. The van der Waals surface area contributed by atoms with Gasteiger partial charge in [-0.25, -0.2) is 14.8 Å². The Balaban J connectivity index is 0.912. The van der Waals surface area contributed by atoms with E-state index in [2.05, 4.69) is 51.7 Å². The Morgan fingerprint density at radius 3 is 2.16 bits per heavy atom. The van der Waals surface area contributed by atoms with Gasteiger partial charge >= 0.3 is 12.3 Å². The standard InChI is InChI=1S/C46H67F3N8O5/c1-28(2)55(6)33-12-14-38(57-22-17-36(42(57)60)53-39-34-25-31(46(47,48)49)9-13-35(34)50-27-51-39)37(26-33)54-41(59)29-7-10-32(11-8-29)52-40(58)30-15-18-45(19-16-30)20-23-56(24-21-45)43(61)62-44(3,4)5/h9,13,25,27-30,32-33,36-38H,7-8,10-12,14-24,26H2,1-6H3,(H,52,58)(H,54,59)(H,50,51,53)/t29?,32?,33-,36+,37-,38+/m1/s1. The summed E-state index contributed by atoms with van der Waals surface area (Å²) in [5.41, 5.74) is -0.800. The van der Waals surface area contributed by atoms with Gasteiger partial charge in [0.15, 0.2) is 0 Å². The van der Waals surface area contributed by atoms with Gasteiger partial charge in [-0.15, -0.1) is 0 Å². The monoisotopic (exact) mass is 869 g/mol. The van der Waals surface area contributed by atoms with Crippen LogP contribution in [0.2, 0.25) is 0 Å². The fourth-order valence-electron chi connectivity index (χ4n) is 10.7. The van der Waals surface area contributed by atoms with Gasteiger partial charge in [0, 0.05) is 55.0 Å². The summed E-state index contributed by atoms with van der Waals surface area (Å²) in [7, 11) is 2.10. The highest BCUT2D eigenvalue weighted by Crippen LogP contribution is 2.47. The van der Waals surface area contributed by atoms with Crippen molar-refractivity contribution in [3.63, 3.8) is 0 Å². The predicted molar refractivity (Wildman–Crippen MR) is 230 cm³/mol. The van der Waals surface area contributed by atoms with Crippen LogP contribution in [0.25, 0.3) is 10.9 Å². The van der Waals surface area contributed by atoms with E-state index in [-0.39, 0.29) is 76.4 Å². The molecular formula is C46H67F3N8O5. The van der Waals surface area contributed by atoms with E-state index in [4.69, 9.17) is 4.74 Å². The van der Waals surface area contributed by atoms with Crippen LogP contribution >= 0.6 is 0 Å². The van der Waals surface area contributed by atoms with Crippen LogP contribution in [0.3, 0.4) is 0 Å². The van der Waals surface area contributed by atoms with Crippen molar-refractivity contribution < 1.29 is 37.1 Å². The number of amides is 4. The van der Waals surface area contributed by atoms with Crippen molar-refractivity contribution in [1.82, 2.24) is 35.3 Å². The maximum Gasteiger partial charge on any atom is 0.416 e. The van der Waals surface area contributed by atoms with Crippen molar-refractivity contribution in [2.24, 2.45) is 17.3 Å². The molecule has 1 spiro atoms. The molecule has 5 fully saturated rings. The molecule has 0 radical (unpaired) electrons. The number of aromatic nitrogens is 2. The number of halogens is 3. The first-order valence-electron chi connectivity index (χ1n) is 23.0. The number of rotatable bonds is 9. The molecule has 342 valence electrons.